The van der Waals surface area contributed by atoms with Gasteiger partial charge in [0.1, 0.15) is 12.4 Å². The van der Waals surface area contributed by atoms with Crippen LogP contribution in [-0.2, 0) is 25.9 Å². The van der Waals surface area contributed by atoms with Crippen LogP contribution in [0.25, 0.3) is 0 Å². The Morgan fingerprint density at radius 1 is 0.941 bits per heavy atom. The molecule has 0 fully saturated rings. The smallest absolute Gasteiger partial charge is 0.407 e. The molecule has 0 radical (unpaired) electrons. The minimum Gasteiger partial charge on any atom is -0.445 e. The first-order valence-electron chi connectivity index (χ1n) is 10.6. The summed E-state index contributed by atoms with van der Waals surface area (Å²) in [6.07, 6.45) is -0.761. The lowest BCUT2D eigenvalue weighted by molar-refractivity contribution is 0.137. The Labute approximate surface area is 199 Å². The van der Waals surface area contributed by atoms with E-state index in [9.17, 15) is 22.7 Å². The van der Waals surface area contributed by atoms with Gasteiger partial charge in [0.2, 0.25) is 10.0 Å². The summed E-state index contributed by atoms with van der Waals surface area (Å²) in [5, 5.41) is 2.60. The Balaban J connectivity index is 1.69. The minimum atomic E-state index is -4.19. The minimum absolute atomic E-state index is 0.0469. The highest BCUT2D eigenvalue weighted by molar-refractivity contribution is 7.90. The van der Waals surface area contributed by atoms with Crippen molar-refractivity contribution in [3.8, 4) is 0 Å². The van der Waals surface area contributed by atoms with Crippen LogP contribution in [-0.4, -0.2) is 31.2 Å². The van der Waals surface area contributed by atoms with E-state index in [-0.39, 0.29) is 11.9 Å². The van der Waals surface area contributed by atoms with Gasteiger partial charge in [-0.3, -0.25) is 4.57 Å². The van der Waals surface area contributed by atoms with Crippen molar-refractivity contribution >= 4 is 28.8 Å². The van der Waals surface area contributed by atoms with Crippen molar-refractivity contribution in [2.24, 2.45) is 0 Å². The average Bonchev–Trinajstić information content (AvgIpc) is 2.82. The normalized spacial score (nSPS) is 15.0. The fourth-order valence-electron chi connectivity index (χ4n) is 3.32. The van der Waals surface area contributed by atoms with Gasteiger partial charge in [0.25, 0.3) is 7.37 Å². The number of carbonyl (C=O) groups is 1. The summed E-state index contributed by atoms with van der Waals surface area (Å²) in [7, 11) is -8.28. The number of alkyl carbamates (subject to hydrolysis) is 1. The molecule has 0 aliphatic carbocycles. The van der Waals surface area contributed by atoms with Crippen molar-refractivity contribution in [3.05, 3.63) is 102 Å². The standard InChI is InChI=1S/C24H27N2O6PS/c1-19(25-24(27)32-17-20-11-5-2-6-12-20)18-34(30,31)26-23(21-13-7-3-8-14-21)33(28,29)22-15-9-4-10-16-22/h2-16,19,23,26H,17-18H2,1H3,(H,25,27)(H,28,29)/t19-,23?/m0/s1. The van der Waals surface area contributed by atoms with Crippen molar-refractivity contribution in [2.45, 2.75) is 25.4 Å². The molecule has 3 N–H and O–H groups in total. The maximum atomic E-state index is 13.4. The van der Waals surface area contributed by atoms with Crippen LogP contribution >= 0.6 is 7.37 Å². The van der Waals surface area contributed by atoms with E-state index >= 15 is 0 Å². The highest BCUT2D eigenvalue weighted by atomic mass is 32.2. The maximum absolute atomic E-state index is 13.4. The van der Waals surface area contributed by atoms with E-state index < -0.39 is 41.1 Å². The molecule has 0 aliphatic heterocycles. The van der Waals surface area contributed by atoms with Crippen molar-refractivity contribution in [2.75, 3.05) is 5.75 Å². The number of hydrogen-bond acceptors (Lipinski definition) is 5. The average molecular weight is 503 g/mol. The molecule has 180 valence electrons. The molecule has 10 heteroatoms. The number of benzene rings is 3. The lowest BCUT2D eigenvalue weighted by atomic mass is 10.2. The molecule has 3 aromatic rings. The SMILES string of the molecule is C[C@@H](CS(=O)(=O)NC(c1ccccc1)P(=O)(O)c1ccccc1)NC(=O)OCc1ccccc1. The van der Waals surface area contributed by atoms with E-state index in [0.717, 1.165) is 5.56 Å². The third-order valence-corrected chi connectivity index (χ3v) is 8.80. The van der Waals surface area contributed by atoms with Crippen LogP contribution in [0.3, 0.4) is 0 Å². The van der Waals surface area contributed by atoms with Gasteiger partial charge in [-0.05, 0) is 30.2 Å². The molecular weight excluding hydrogens is 475 g/mol. The Hall–Kier alpha value is -2.97. The molecule has 3 rings (SSSR count). The van der Waals surface area contributed by atoms with Gasteiger partial charge in [-0.1, -0.05) is 78.9 Å². The van der Waals surface area contributed by atoms with Crippen LogP contribution in [0.4, 0.5) is 4.79 Å². The van der Waals surface area contributed by atoms with Crippen molar-refractivity contribution in [3.63, 3.8) is 0 Å². The molecule has 0 aliphatic rings. The van der Waals surface area contributed by atoms with Gasteiger partial charge in [0.05, 0.1) is 5.75 Å². The Morgan fingerprint density at radius 2 is 1.47 bits per heavy atom. The van der Waals surface area contributed by atoms with Crippen LogP contribution < -0.4 is 15.3 Å². The molecule has 1 amide bonds. The Morgan fingerprint density at radius 3 is 2.06 bits per heavy atom. The monoisotopic (exact) mass is 502 g/mol. The zero-order chi connectivity index (χ0) is 24.6. The molecule has 2 unspecified atom stereocenters. The lowest BCUT2D eigenvalue weighted by Gasteiger charge is -2.25. The van der Waals surface area contributed by atoms with E-state index in [1.54, 1.807) is 60.7 Å². The summed E-state index contributed by atoms with van der Waals surface area (Å²) in [6, 6.07) is 24.4. The molecular formula is C24H27N2O6PS. The van der Waals surface area contributed by atoms with E-state index in [1.165, 1.54) is 19.1 Å². The number of ether oxygens (including phenoxy) is 1. The molecule has 3 atom stereocenters. The second kappa shape index (κ2) is 11.4. The van der Waals surface area contributed by atoms with Gasteiger partial charge in [-0.2, -0.15) is 4.72 Å². The first-order chi connectivity index (χ1) is 16.2. The first kappa shape index (κ1) is 25.6. The Bertz CT molecular complexity index is 1220. The van der Waals surface area contributed by atoms with Gasteiger partial charge < -0.3 is 14.9 Å². The summed E-state index contributed by atoms with van der Waals surface area (Å²) in [6.45, 7) is 1.56. The maximum Gasteiger partial charge on any atom is 0.407 e. The summed E-state index contributed by atoms with van der Waals surface area (Å²) in [5.41, 5.74) is 1.15. The zero-order valence-electron chi connectivity index (χ0n) is 18.6. The van der Waals surface area contributed by atoms with Crippen LogP contribution in [0, 0.1) is 0 Å². The molecule has 34 heavy (non-hydrogen) atoms. The van der Waals surface area contributed by atoms with E-state index in [0.29, 0.717) is 5.56 Å². The molecule has 3 aromatic carbocycles. The number of hydrogen-bond donors (Lipinski definition) is 3. The van der Waals surface area contributed by atoms with Crippen LogP contribution in [0.15, 0.2) is 91.0 Å². The van der Waals surface area contributed by atoms with Gasteiger partial charge in [-0.15, -0.1) is 0 Å². The highest BCUT2D eigenvalue weighted by Gasteiger charge is 2.37. The molecule has 8 nitrogen and oxygen atoms in total. The number of nitrogens with one attached hydrogen (secondary N) is 2. The van der Waals surface area contributed by atoms with Gasteiger partial charge in [0, 0.05) is 11.3 Å². The van der Waals surface area contributed by atoms with Gasteiger partial charge in [0.15, 0.2) is 0 Å². The number of sulfonamides is 1. The lowest BCUT2D eigenvalue weighted by Crippen LogP contribution is -2.42. The van der Waals surface area contributed by atoms with Crippen molar-refractivity contribution in [1.82, 2.24) is 10.0 Å². The number of carbonyl (C=O) groups excluding carboxylic acids is 1. The van der Waals surface area contributed by atoms with Crippen molar-refractivity contribution < 1.29 is 27.4 Å². The topological polar surface area (TPSA) is 122 Å². The first-order valence-corrected chi connectivity index (χ1v) is 14.0. The van der Waals surface area contributed by atoms with E-state index in [2.05, 4.69) is 10.0 Å². The summed E-state index contributed by atoms with van der Waals surface area (Å²) < 4.78 is 46.8. The van der Waals surface area contributed by atoms with Crippen LogP contribution in [0.1, 0.15) is 23.8 Å². The van der Waals surface area contributed by atoms with Crippen molar-refractivity contribution in [1.29, 1.82) is 0 Å². The van der Waals surface area contributed by atoms with Gasteiger partial charge in [-0.25, -0.2) is 13.2 Å². The second-order valence-electron chi connectivity index (χ2n) is 7.78. The third kappa shape index (κ3) is 7.27. The molecule has 0 heterocycles. The van der Waals surface area contributed by atoms with E-state index in [4.69, 9.17) is 4.74 Å². The van der Waals surface area contributed by atoms with E-state index in [1.807, 2.05) is 18.2 Å². The Kier molecular flexibility index (Phi) is 8.63. The van der Waals surface area contributed by atoms with Gasteiger partial charge >= 0.3 is 6.09 Å². The quantitative estimate of drug-likeness (QED) is 0.365. The molecule has 0 spiro atoms. The van der Waals surface area contributed by atoms with Crippen LogP contribution in [0.5, 0.6) is 0 Å². The van der Waals surface area contributed by atoms with Crippen LogP contribution in [0.2, 0.25) is 0 Å². The molecule has 0 bridgehead atoms. The number of rotatable bonds is 10. The molecule has 0 saturated carbocycles. The number of amides is 1. The summed E-state index contributed by atoms with van der Waals surface area (Å²) in [4.78, 5) is 23.0. The fraction of sp³-hybridized carbons (Fsp3) is 0.208. The zero-order valence-corrected chi connectivity index (χ0v) is 20.3. The molecule has 0 aromatic heterocycles. The predicted octanol–water partition coefficient (Wildman–Crippen LogP) is 3.52. The summed E-state index contributed by atoms with van der Waals surface area (Å²) >= 11 is 0. The molecule has 0 saturated heterocycles. The largest absolute Gasteiger partial charge is 0.445 e. The summed E-state index contributed by atoms with van der Waals surface area (Å²) in [5.74, 6) is -1.90. The second-order valence-corrected chi connectivity index (χ2v) is 11.9. The third-order valence-electron chi connectivity index (χ3n) is 4.93. The predicted molar refractivity (Wildman–Crippen MR) is 131 cm³/mol. The highest BCUT2D eigenvalue weighted by Crippen LogP contribution is 2.53. The fourth-order valence-corrected chi connectivity index (χ4v) is 7.16.